The first-order chi connectivity index (χ1) is 16.8. The molecule has 2 amide bonds. The summed E-state index contributed by atoms with van der Waals surface area (Å²) >= 11 is 0. The highest BCUT2D eigenvalue weighted by Gasteiger charge is 2.38. The van der Waals surface area contributed by atoms with Gasteiger partial charge in [-0.05, 0) is 65.0 Å². The number of aromatic nitrogens is 1. The summed E-state index contributed by atoms with van der Waals surface area (Å²) in [7, 11) is 7.74. The molecular weight excluding hydrogens is 440 g/mol. The predicted molar refractivity (Wildman–Crippen MR) is 142 cm³/mol. The molecule has 0 saturated heterocycles. The molecule has 2 heterocycles. The third-order valence-electron chi connectivity index (χ3n) is 7.15. The molecule has 8 nitrogen and oxygen atoms in total. The molecule has 1 N–H and O–H groups in total. The van der Waals surface area contributed by atoms with Crippen molar-refractivity contribution in [3.05, 3.63) is 42.1 Å². The molecule has 2 aromatic rings. The van der Waals surface area contributed by atoms with Gasteiger partial charge in [0.1, 0.15) is 11.9 Å². The number of carbonyl (C=O) groups is 2. The fraction of sp³-hybridized carbons (Fsp3) is 0.519. The number of rotatable bonds is 8. The molecule has 1 aromatic carbocycles. The van der Waals surface area contributed by atoms with E-state index in [0.29, 0.717) is 24.0 Å². The van der Waals surface area contributed by atoms with E-state index in [1.165, 1.54) is 12.8 Å². The van der Waals surface area contributed by atoms with Crippen molar-refractivity contribution in [2.75, 3.05) is 56.4 Å². The largest absolute Gasteiger partial charge is 0.355 e. The predicted octanol–water partition coefficient (Wildman–Crippen LogP) is 3.96. The zero-order valence-corrected chi connectivity index (χ0v) is 21.6. The SMILES string of the molecule is CC1C(=O)N(C)c2cnc(Nc3cccc(C(=O)N(C)CCCN(C)C)c3)cc2N1C1CCCC1. The third-order valence-corrected chi connectivity index (χ3v) is 7.15. The van der Waals surface area contributed by atoms with Gasteiger partial charge in [-0.3, -0.25) is 9.59 Å². The van der Waals surface area contributed by atoms with Crippen LogP contribution in [0.15, 0.2) is 36.5 Å². The van der Waals surface area contributed by atoms with Crippen molar-refractivity contribution < 1.29 is 9.59 Å². The summed E-state index contributed by atoms with van der Waals surface area (Å²) in [6.45, 7) is 3.65. The second-order valence-electron chi connectivity index (χ2n) is 10.1. The topological polar surface area (TPSA) is 72.0 Å². The van der Waals surface area contributed by atoms with Crippen LogP contribution in [-0.4, -0.2) is 80.0 Å². The maximum atomic E-state index is 12.9. The quantitative estimate of drug-likeness (QED) is 0.619. The van der Waals surface area contributed by atoms with Crippen molar-refractivity contribution in [2.24, 2.45) is 0 Å². The third kappa shape index (κ3) is 5.42. The first kappa shape index (κ1) is 25.0. The van der Waals surface area contributed by atoms with E-state index in [4.69, 9.17) is 0 Å². The highest BCUT2D eigenvalue weighted by atomic mass is 16.2. The van der Waals surface area contributed by atoms with Crippen LogP contribution in [0.4, 0.5) is 22.9 Å². The molecule has 8 heteroatoms. The number of likely N-dealkylation sites (N-methyl/N-ethyl adjacent to an activating group) is 1. The summed E-state index contributed by atoms with van der Waals surface area (Å²) in [4.78, 5) is 38.3. The lowest BCUT2D eigenvalue weighted by Crippen LogP contribution is -2.54. The Labute approximate surface area is 208 Å². The summed E-state index contributed by atoms with van der Waals surface area (Å²) in [5.41, 5.74) is 3.34. The Morgan fingerprint density at radius 3 is 2.57 bits per heavy atom. The fourth-order valence-corrected chi connectivity index (χ4v) is 5.22. The minimum Gasteiger partial charge on any atom is -0.355 e. The zero-order chi connectivity index (χ0) is 25.1. The number of amides is 2. The van der Waals surface area contributed by atoms with Gasteiger partial charge in [0.2, 0.25) is 5.91 Å². The minimum atomic E-state index is -0.199. The normalized spacial score (nSPS) is 18.2. The molecule has 1 aliphatic heterocycles. The van der Waals surface area contributed by atoms with Gasteiger partial charge in [-0.1, -0.05) is 18.9 Å². The lowest BCUT2D eigenvalue weighted by atomic mass is 10.0. The number of fused-ring (bicyclic) bond motifs is 1. The van der Waals surface area contributed by atoms with Gasteiger partial charge in [0.25, 0.3) is 5.91 Å². The van der Waals surface area contributed by atoms with Crippen LogP contribution < -0.4 is 15.1 Å². The summed E-state index contributed by atoms with van der Waals surface area (Å²) in [6, 6.07) is 9.77. The molecule has 188 valence electrons. The minimum absolute atomic E-state index is 0.00665. The molecule has 0 spiro atoms. The van der Waals surface area contributed by atoms with Crippen molar-refractivity contribution in [2.45, 2.75) is 51.1 Å². The first-order valence-electron chi connectivity index (χ1n) is 12.6. The maximum absolute atomic E-state index is 12.9. The highest BCUT2D eigenvalue weighted by molar-refractivity contribution is 6.05. The van der Waals surface area contributed by atoms with Crippen LogP contribution in [0.3, 0.4) is 0 Å². The highest BCUT2D eigenvalue weighted by Crippen LogP contribution is 2.41. The zero-order valence-electron chi connectivity index (χ0n) is 21.6. The van der Waals surface area contributed by atoms with Crippen LogP contribution in [-0.2, 0) is 4.79 Å². The van der Waals surface area contributed by atoms with E-state index >= 15 is 0 Å². The summed E-state index contributed by atoms with van der Waals surface area (Å²) in [5, 5.41) is 3.38. The molecule has 1 unspecified atom stereocenters. The lowest BCUT2D eigenvalue weighted by molar-refractivity contribution is -0.119. The lowest BCUT2D eigenvalue weighted by Gasteiger charge is -2.43. The van der Waals surface area contributed by atoms with Gasteiger partial charge in [0.15, 0.2) is 0 Å². The summed E-state index contributed by atoms with van der Waals surface area (Å²) < 4.78 is 0. The smallest absolute Gasteiger partial charge is 0.253 e. The van der Waals surface area contributed by atoms with Crippen LogP contribution in [0.5, 0.6) is 0 Å². The van der Waals surface area contributed by atoms with E-state index in [-0.39, 0.29) is 17.9 Å². The molecule has 1 fully saturated rings. The Balaban J connectivity index is 1.53. The standard InChI is InChI=1S/C27H38N6O2/c1-19-26(34)32(5)24-18-28-25(17-23(24)33(19)22-12-6-7-13-22)29-21-11-8-10-20(16-21)27(35)31(4)15-9-14-30(2)3/h8,10-11,16-19,22H,6-7,9,12-15H2,1-5H3,(H,28,29). The first-order valence-corrected chi connectivity index (χ1v) is 12.6. The van der Waals surface area contributed by atoms with Crippen LogP contribution in [0.25, 0.3) is 0 Å². The Hall–Kier alpha value is -3.13. The van der Waals surface area contributed by atoms with Gasteiger partial charge >= 0.3 is 0 Å². The molecule has 0 radical (unpaired) electrons. The molecular formula is C27H38N6O2. The average Bonchev–Trinajstić information content (AvgIpc) is 3.36. The molecule has 1 aliphatic carbocycles. The van der Waals surface area contributed by atoms with E-state index in [1.54, 1.807) is 16.0 Å². The number of anilines is 4. The van der Waals surface area contributed by atoms with Crippen molar-refractivity contribution in [3.8, 4) is 0 Å². The number of nitrogens with one attached hydrogen (secondary N) is 1. The summed E-state index contributed by atoms with van der Waals surface area (Å²) in [5.74, 6) is 0.811. The van der Waals surface area contributed by atoms with E-state index in [1.807, 2.05) is 65.4 Å². The summed E-state index contributed by atoms with van der Waals surface area (Å²) in [6.07, 6.45) is 7.33. The number of carbonyl (C=O) groups excluding carboxylic acids is 2. The van der Waals surface area contributed by atoms with Crippen LogP contribution in [0.1, 0.15) is 49.4 Å². The van der Waals surface area contributed by atoms with Crippen molar-refractivity contribution >= 4 is 34.7 Å². The van der Waals surface area contributed by atoms with Crippen molar-refractivity contribution in [1.29, 1.82) is 0 Å². The average molecular weight is 479 g/mol. The van der Waals surface area contributed by atoms with Gasteiger partial charge < -0.3 is 24.9 Å². The van der Waals surface area contributed by atoms with E-state index < -0.39 is 0 Å². The number of benzene rings is 1. The number of hydrogen-bond donors (Lipinski definition) is 1. The molecule has 2 aliphatic rings. The van der Waals surface area contributed by atoms with E-state index in [9.17, 15) is 9.59 Å². The molecule has 1 atom stereocenters. The second-order valence-corrected chi connectivity index (χ2v) is 10.1. The maximum Gasteiger partial charge on any atom is 0.253 e. The molecule has 1 aromatic heterocycles. The Bertz CT molecular complexity index is 1070. The van der Waals surface area contributed by atoms with Gasteiger partial charge in [0, 0.05) is 44.0 Å². The van der Waals surface area contributed by atoms with Crippen molar-refractivity contribution in [1.82, 2.24) is 14.8 Å². The van der Waals surface area contributed by atoms with E-state index in [2.05, 4.69) is 20.1 Å². The Morgan fingerprint density at radius 2 is 1.86 bits per heavy atom. The number of pyridine rings is 1. The van der Waals surface area contributed by atoms with Crippen LogP contribution in [0, 0.1) is 0 Å². The van der Waals surface area contributed by atoms with Crippen molar-refractivity contribution in [3.63, 3.8) is 0 Å². The monoisotopic (exact) mass is 478 g/mol. The Morgan fingerprint density at radius 1 is 1.11 bits per heavy atom. The molecule has 4 rings (SSSR count). The van der Waals surface area contributed by atoms with Gasteiger partial charge in [-0.2, -0.15) is 0 Å². The number of nitrogens with zero attached hydrogens (tertiary/aromatic N) is 5. The van der Waals surface area contributed by atoms with Gasteiger partial charge in [-0.25, -0.2) is 4.98 Å². The molecule has 1 saturated carbocycles. The van der Waals surface area contributed by atoms with Gasteiger partial charge in [0.05, 0.1) is 17.6 Å². The van der Waals surface area contributed by atoms with E-state index in [0.717, 1.165) is 42.9 Å². The van der Waals surface area contributed by atoms with Crippen LogP contribution >= 0.6 is 0 Å². The van der Waals surface area contributed by atoms with Crippen LogP contribution in [0.2, 0.25) is 0 Å². The number of hydrogen-bond acceptors (Lipinski definition) is 6. The second kappa shape index (κ2) is 10.6. The Kier molecular flexibility index (Phi) is 7.60. The molecule has 0 bridgehead atoms. The molecule has 35 heavy (non-hydrogen) atoms. The fourth-order valence-electron chi connectivity index (χ4n) is 5.22. The van der Waals surface area contributed by atoms with Gasteiger partial charge in [-0.15, -0.1) is 0 Å².